The van der Waals surface area contributed by atoms with E-state index >= 15 is 0 Å². The van der Waals surface area contributed by atoms with Crippen molar-refractivity contribution in [3.05, 3.63) is 23.8 Å². The van der Waals surface area contributed by atoms with Crippen LogP contribution in [-0.4, -0.2) is 50.0 Å². The van der Waals surface area contributed by atoms with Gasteiger partial charge in [-0.05, 0) is 12.1 Å². The average Bonchev–Trinajstić information content (AvgIpc) is 2.96. The highest BCUT2D eigenvalue weighted by Crippen LogP contribution is 2.31. The molecule has 21 heavy (non-hydrogen) atoms. The van der Waals surface area contributed by atoms with Crippen LogP contribution in [0.25, 0.3) is 0 Å². The minimum Gasteiger partial charge on any atom is -0.493 e. The maximum Gasteiger partial charge on any atom is 0.331 e. The zero-order chi connectivity index (χ0) is 15.5. The van der Waals surface area contributed by atoms with Gasteiger partial charge in [-0.25, -0.2) is 4.79 Å². The molecule has 1 saturated heterocycles. The second-order valence-corrected chi connectivity index (χ2v) is 4.69. The molecule has 1 amide bonds. The predicted octanol–water partition coefficient (Wildman–Crippen LogP) is 0.677. The van der Waals surface area contributed by atoms with Gasteiger partial charge < -0.3 is 24.6 Å². The van der Waals surface area contributed by atoms with Crippen molar-refractivity contribution in [1.82, 2.24) is 5.32 Å². The maximum atomic E-state index is 12.4. The van der Waals surface area contributed by atoms with Crippen molar-refractivity contribution >= 4 is 11.9 Å². The highest BCUT2D eigenvalue weighted by molar-refractivity contribution is 6.00. The average molecular weight is 295 g/mol. The molecule has 2 N–H and O–H groups in total. The molecule has 1 aliphatic rings. The van der Waals surface area contributed by atoms with Crippen LogP contribution in [0.5, 0.6) is 11.5 Å². The number of benzene rings is 1. The van der Waals surface area contributed by atoms with Gasteiger partial charge in [-0.15, -0.1) is 0 Å². The third kappa shape index (κ3) is 2.78. The van der Waals surface area contributed by atoms with Gasteiger partial charge in [0.2, 0.25) is 0 Å². The Bertz CT molecular complexity index is 550. The third-order valence-corrected chi connectivity index (χ3v) is 3.43. The summed E-state index contributed by atoms with van der Waals surface area (Å²) < 4.78 is 15.4. The molecular weight excluding hydrogens is 278 g/mol. The number of amides is 1. The molecule has 2 rings (SSSR count). The van der Waals surface area contributed by atoms with Gasteiger partial charge in [-0.1, -0.05) is 6.07 Å². The Morgan fingerprint density at radius 2 is 2.10 bits per heavy atom. The van der Waals surface area contributed by atoms with Gasteiger partial charge in [0.1, 0.15) is 0 Å². The molecule has 0 aliphatic carbocycles. The number of carbonyl (C=O) groups excluding carboxylic acids is 1. The number of carboxylic acids is 1. The Balaban J connectivity index is 2.30. The Kier molecular flexibility index (Phi) is 4.32. The molecule has 0 saturated carbocycles. The molecule has 114 valence electrons. The zero-order valence-corrected chi connectivity index (χ0v) is 11.8. The number of aliphatic carboxylic acids is 1. The van der Waals surface area contributed by atoms with Crippen LogP contribution in [0.15, 0.2) is 18.2 Å². The Labute approximate surface area is 121 Å². The summed E-state index contributed by atoms with van der Waals surface area (Å²) in [5.41, 5.74) is -1.19. The molecule has 0 aromatic heterocycles. The van der Waals surface area contributed by atoms with E-state index in [1.165, 1.54) is 14.2 Å². The Morgan fingerprint density at radius 1 is 1.33 bits per heavy atom. The zero-order valence-electron chi connectivity index (χ0n) is 11.8. The van der Waals surface area contributed by atoms with Crippen LogP contribution in [-0.2, 0) is 9.53 Å². The molecule has 0 radical (unpaired) electrons. The Morgan fingerprint density at radius 3 is 2.62 bits per heavy atom. The molecule has 0 bridgehead atoms. The molecule has 0 spiro atoms. The second kappa shape index (κ2) is 6.01. The topological polar surface area (TPSA) is 94.1 Å². The number of methoxy groups -OCH3 is 2. The quantitative estimate of drug-likeness (QED) is 0.829. The number of nitrogens with one attached hydrogen (secondary N) is 1. The van der Waals surface area contributed by atoms with E-state index in [-0.39, 0.29) is 24.3 Å². The number of para-hydroxylation sites is 1. The standard InChI is InChI=1S/C14H17NO6/c1-19-10-5-3-4-9(11(10)20-2)12(16)15-14(13(17)18)6-7-21-8-14/h3-5H,6-8H2,1-2H3,(H,15,16)(H,17,18). The number of carboxylic acid groups (broad SMARTS) is 1. The van der Waals surface area contributed by atoms with Gasteiger partial charge in [0.05, 0.1) is 26.4 Å². The number of hydrogen-bond donors (Lipinski definition) is 2. The van der Waals surface area contributed by atoms with Crippen molar-refractivity contribution in [3.8, 4) is 11.5 Å². The minimum atomic E-state index is -1.40. The van der Waals surface area contributed by atoms with Gasteiger partial charge in [0.15, 0.2) is 17.0 Å². The van der Waals surface area contributed by atoms with Gasteiger partial charge >= 0.3 is 5.97 Å². The molecule has 1 aromatic carbocycles. The maximum absolute atomic E-state index is 12.4. The van der Waals surface area contributed by atoms with Crippen molar-refractivity contribution in [2.75, 3.05) is 27.4 Å². The van der Waals surface area contributed by atoms with Crippen molar-refractivity contribution in [2.24, 2.45) is 0 Å². The predicted molar refractivity (Wildman–Crippen MR) is 72.8 cm³/mol. The van der Waals surface area contributed by atoms with Crippen molar-refractivity contribution in [3.63, 3.8) is 0 Å². The molecule has 1 unspecified atom stereocenters. The van der Waals surface area contributed by atoms with E-state index in [2.05, 4.69) is 5.32 Å². The number of hydrogen-bond acceptors (Lipinski definition) is 5. The molecular formula is C14H17NO6. The van der Waals surface area contributed by atoms with E-state index in [9.17, 15) is 14.7 Å². The first-order valence-electron chi connectivity index (χ1n) is 6.39. The summed E-state index contributed by atoms with van der Waals surface area (Å²) in [5.74, 6) is -0.997. The van der Waals surface area contributed by atoms with Crippen LogP contribution in [0.1, 0.15) is 16.8 Å². The molecule has 1 fully saturated rings. The summed E-state index contributed by atoms with van der Waals surface area (Å²) in [5, 5.41) is 11.9. The lowest BCUT2D eigenvalue weighted by atomic mass is 9.98. The van der Waals surface area contributed by atoms with Crippen LogP contribution in [0, 0.1) is 0 Å². The SMILES string of the molecule is COc1cccc(C(=O)NC2(C(=O)O)CCOC2)c1OC. The van der Waals surface area contributed by atoms with E-state index in [0.29, 0.717) is 12.4 Å². The second-order valence-electron chi connectivity index (χ2n) is 4.69. The summed E-state index contributed by atoms with van der Waals surface area (Å²) >= 11 is 0. The van der Waals surface area contributed by atoms with Crippen molar-refractivity contribution in [1.29, 1.82) is 0 Å². The van der Waals surface area contributed by atoms with E-state index < -0.39 is 17.4 Å². The number of carbonyl (C=O) groups is 2. The molecule has 1 aromatic rings. The number of rotatable bonds is 5. The highest BCUT2D eigenvalue weighted by Gasteiger charge is 2.44. The highest BCUT2D eigenvalue weighted by atomic mass is 16.5. The van der Waals surface area contributed by atoms with Crippen LogP contribution < -0.4 is 14.8 Å². The molecule has 1 aliphatic heterocycles. The summed E-state index contributed by atoms with van der Waals surface area (Å²) in [6.07, 6.45) is 0.223. The fourth-order valence-electron chi connectivity index (χ4n) is 2.24. The van der Waals surface area contributed by atoms with Crippen LogP contribution in [0.2, 0.25) is 0 Å². The van der Waals surface area contributed by atoms with Crippen molar-refractivity contribution < 1.29 is 28.9 Å². The van der Waals surface area contributed by atoms with E-state index in [1.807, 2.05) is 0 Å². The summed E-state index contributed by atoms with van der Waals surface area (Å²) in [7, 11) is 2.88. The molecule has 1 atom stereocenters. The van der Waals surface area contributed by atoms with Gasteiger partial charge in [0, 0.05) is 13.0 Å². The number of ether oxygens (including phenoxy) is 3. The minimum absolute atomic E-state index is 0.0552. The first-order chi connectivity index (χ1) is 10.0. The van der Waals surface area contributed by atoms with Gasteiger partial charge in [-0.3, -0.25) is 4.79 Å². The first kappa shape index (κ1) is 15.1. The smallest absolute Gasteiger partial charge is 0.331 e. The lowest BCUT2D eigenvalue weighted by Gasteiger charge is -2.24. The van der Waals surface area contributed by atoms with Crippen LogP contribution in [0.4, 0.5) is 0 Å². The molecule has 7 nitrogen and oxygen atoms in total. The van der Waals surface area contributed by atoms with E-state index in [4.69, 9.17) is 14.2 Å². The van der Waals surface area contributed by atoms with Crippen LogP contribution >= 0.6 is 0 Å². The third-order valence-electron chi connectivity index (χ3n) is 3.43. The Hall–Kier alpha value is -2.28. The lowest BCUT2D eigenvalue weighted by molar-refractivity contribution is -0.144. The largest absolute Gasteiger partial charge is 0.493 e. The fraction of sp³-hybridized carbons (Fsp3) is 0.429. The summed E-state index contributed by atoms with van der Waals surface area (Å²) in [6, 6.07) is 4.83. The summed E-state index contributed by atoms with van der Waals surface area (Å²) in [6.45, 7) is 0.238. The normalized spacial score (nSPS) is 20.9. The van der Waals surface area contributed by atoms with E-state index in [1.54, 1.807) is 18.2 Å². The van der Waals surface area contributed by atoms with E-state index in [0.717, 1.165) is 0 Å². The summed E-state index contributed by atoms with van der Waals surface area (Å²) in [4.78, 5) is 23.8. The fourth-order valence-corrected chi connectivity index (χ4v) is 2.24. The van der Waals surface area contributed by atoms with Gasteiger partial charge in [-0.2, -0.15) is 0 Å². The lowest BCUT2D eigenvalue weighted by Crippen LogP contribution is -2.55. The van der Waals surface area contributed by atoms with Crippen LogP contribution in [0.3, 0.4) is 0 Å². The first-order valence-corrected chi connectivity index (χ1v) is 6.39. The monoisotopic (exact) mass is 295 g/mol. The molecule has 7 heteroatoms. The molecule has 1 heterocycles. The van der Waals surface area contributed by atoms with Crippen molar-refractivity contribution in [2.45, 2.75) is 12.0 Å². The van der Waals surface area contributed by atoms with Gasteiger partial charge in [0.25, 0.3) is 5.91 Å².